The molecule has 0 aromatic rings. The Morgan fingerprint density at radius 1 is 0.524 bits per heavy atom. The summed E-state index contributed by atoms with van der Waals surface area (Å²) >= 11 is 0. The van der Waals surface area contributed by atoms with Crippen LogP contribution in [0.15, 0.2) is 0 Å². The van der Waals surface area contributed by atoms with Gasteiger partial charge < -0.3 is 9.47 Å². The van der Waals surface area contributed by atoms with E-state index in [2.05, 4.69) is 9.47 Å². The maximum atomic E-state index is 14.6. The van der Waals surface area contributed by atoms with Gasteiger partial charge in [-0.05, 0) is 20.3 Å². The van der Waals surface area contributed by atoms with E-state index < -0.39 is 99.8 Å². The summed E-state index contributed by atoms with van der Waals surface area (Å²) < 4.78 is 267. The van der Waals surface area contributed by atoms with Gasteiger partial charge in [0.2, 0.25) is 9.84 Å². The Balaban J connectivity index is 7.68. The number of esters is 2. The third-order valence-electron chi connectivity index (χ3n) is 5.12. The maximum Gasteiger partial charge on any atom is 0.460 e. The Bertz CT molecular complexity index is 1090. The Morgan fingerprint density at radius 2 is 0.833 bits per heavy atom. The lowest BCUT2D eigenvalue weighted by atomic mass is 9.93. The maximum absolute atomic E-state index is 14.6. The molecular weight excluding hydrogens is 674 g/mol. The van der Waals surface area contributed by atoms with Gasteiger partial charge in [0.05, 0.1) is 13.2 Å². The first-order valence-corrected chi connectivity index (χ1v) is 11.6. The van der Waals surface area contributed by atoms with E-state index in [0.29, 0.717) is 13.8 Å². The fourth-order valence-corrected chi connectivity index (χ4v) is 4.61. The summed E-state index contributed by atoms with van der Waals surface area (Å²) in [6.45, 7) is -1.79. The molecule has 0 amide bonds. The molecule has 0 rings (SSSR count). The Morgan fingerprint density at radius 3 is 1.12 bits per heavy atom. The molecule has 42 heavy (non-hydrogen) atoms. The Kier molecular flexibility index (Phi) is 10.6. The predicted octanol–water partition coefficient (Wildman–Crippen LogP) is 5.94. The van der Waals surface area contributed by atoms with Gasteiger partial charge in [0, 0.05) is 6.42 Å². The minimum absolute atomic E-state index is 0.525. The normalized spacial score (nSPS) is 15.4. The number of hydrogen-bond acceptors (Lipinski definition) is 6. The molecule has 0 aromatic heterocycles. The smallest absolute Gasteiger partial charge is 0.460 e. The highest BCUT2D eigenvalue weighted by atomic mass is 32.2. The average molecular weight is 688 g/mol. The molecule has 0 heterocycles. The summed E-state index contributed by atoms with van der Waals surface area (Å²) in [6.07, 6.45) is -22.6. The van der Waals surface area contributed by atoms with Gasteiger partial charge in [-0.25, -0.2) is 18.0 Å². The SMILES string of the molecule is CCOC(=O)C(CCC(F)(F)C(F)(F)C(F)(F)C(F)(F)F)(C(=O)OCC)S(=O)(=O)C(F)(F)C(F)(F)C(F)(F)C(F)(F)F. The Labute approximate surface area is 221 Å². The molecule has 0 aliphatic heterocycles. The average Bonchev–Trinajstić information content (AvgIpc) is 2.77. The lowest BCUT2D eigenvalue weighted by molar-refractivity contribution is -0.396. The summed E-state index contributed by atoms with van der Waals surface area (Å²) in [5.74, 6) is -45.7. The van der Waals surface area contributed by atoms with Crippen LogP contribution >= 0.6 is 0 Å². The predicted molar refractivity (Wildman–Crippen MR) is 95.9 cm³/mol. The van der Waals surface area contributed by atoms with Gasteiger partial charge in [-0.1, -0.05) is 0 Å². The molecule has 0 bridgehead atoms. The standard InChI is InChI=1S/C17H14F18O6S/c1-3-40-7(36)9(8(37)41-4-2,5-6-10(18,19)11(20,21)12(22,23)15(28,29)30)42(38,39)17(34,35)14(26,27)13(24,25)16(31,32)33/h3-6H2,1-2H3. The van der Waals surface area contributed by atoms with Crippen LogP contribution in [-0.4, -0.2) is 85.5 Å². The summed E-state index contributed by atoms with van der Waals surface area (Å²) in [5, 5.41) is -8.09. The van der Waals surface area contributed by atoms with Crippen molar-refractivity contribution in [2.45, 2.75) is 78.7 Å². The number of halogens is 18. The van der Waals surface area contributed by atoms with Crippen molar-refractivity contribution in [1.82, 2.24) is 0 Å². The summed E-state index contributed by atoms with van der Waals surface area (Å²) in [4.78, 5) is 24.6. The van der Waals surface area contributed by atoms with Crippen molar-refractivity contribution in [2.24, 2.45) is 0 Å². The minimum Gasteiger partial charge on any atom is -0.464 e. The van der Waals surface area contributed by atoms with Gasteiger partial charge in [-0.2, -0.15) is 79.0 Å². The largest absolute Gasteiger partial charge is 0.464 e. The molecule has 0 radical (unpaired) electrons. The van der Waals surface area contributed by atoms with E-state index in [1.807, 2.05) is 0 Å². The number of carbonyl (C=O) groups excluding carboxylic acids is 2. The number of rotatable bonds is 13. The molecule has 0 saturated carbocycles. The lowest BCUT2D eigenvalue weighted by Gasteiger charge is -2.39. The zero-order valence-electron chi connectivity index (χ0n) is 20.0. The topological polar surface area (TPSA) is 86.7 Å². The van der Waals surface area contributed by atoms with E-state index in [0.717, 1.165) is 0 Å². The van der Waals surface area contributed by atoms with Crippen LogP contribution in [0.5, 0.6) is 0 Å². The first kappa shape index (κ1) is 39.6. The Hall–Kier alpha value is -2.37. The summed E-state index contributed by atoms with van der Waals surface area (Å²) in [6, 6.07) is 0. The highest BCUT2D eigenvalue weighted by molar-refractivity contribution is 7.95. The molecule has 0 spiro atoms. The van der Waals surface area contributed by atoms with Crippen molar-refractivity contribution in [3.8, 4) is 0 Å². The third kappa shape index (κ3) is 5.64. The van der Waals surface area contributed by atoms with E-state index in [1.165, 1.54) is 0 Å². The van der Waals surface area contributed by atoms with Crippen LogP contribution in [0.3, 0.4) is 0 Å². The summed E-state index contributed by atoms with van der Waals surface area (Å²) in [5.41, 5.74) is 0. The molecule has 0 unspecified atom stereocenters. The molecule has 0 N–H and O–H groups in total. The van der Waals surface area contributed by atoms with Crippen molar-refractivity contribution in [1.29, 1.82) is 0 Å². The van der Waals surface area contributed by atoms with Gasteiger partial charge in [0.25, 0.3) is 4.75 Å². The summed E-state index contributed by atoms with van der Waals surface area (Å²) in [7, 11) is -8.64. The first-order chi connectivity index (χ1) is 18.2. The van der Waals surface area contributed by atoms with Gasteiger partial charge >= 0.3 is 59.2 Å². The van der Waals surface area contributed by atoms with E-state index in [9.17, 15) is 97.0 Å². The number of sulfone groups is 1. The van der Waals surface area contributed by atoms with E-state index in [4.69, 9.17) is 0 Å². The number of hydrogen-bond donors (Lipinski definition) is 0. The highest BCUT2D eigenvalue weighted by Crippen LogP contribution is 2.58. The third-order valence-corrected chi connectivity index (χ3v) is 7.51. The van der Waals surface area contributed by atoms with Gasteiger partial charge in [0.1, 0.15) is 0 Å². The van der Waals surface area contributed by atoms with E-state index in [-0.39, 0.29) is 0 Å². The lowest BCUT2D eigenvalue weighted by Crippen LogP contribution is -2.69. The number of ether oxygens (including phenoxy) is 2. The highest BCUT2D eigenvalue weighted by Gasteiger charge is 2.89. The van der Waals surface area contributed by atoms with Crippen LogP contribution in [-0.2, 0) is 28.9 Å². The van der Waals surface area contributed by atoms with Crippen LogP contribution < -0.4 is 0 Å². The molecule has 0 atom stereocenters. The number of alkyl halides is 18. The second-order valence-electron chi connectivity index (χ2n) is 7.79. The van der Waals surface area contributed by atoms with Crippen molar-refractivity contribution < 1.29 is 107 Å². The zero-order chi connectivity index (χ0) is 34.4. The van der Waals surface area contributed by atoms with Crippen molar-refractivity contribution in [3.63, 3.8) is 0 Å². The van der Waals surface area contributed by atoms with Crippen LogP contribution in [0.2, 0.25) is 0 Å². The van der Waals surface area contributed by atoms with Crippen LogP contribution in [0.25, 0.3) is 0 Å². The molecule has 25 heteroatoms. The molecule has 0 aromatic carbocycles. The molecule has 250 valence electrons. The zero-order valence-corrected chi connectivity index (χ0v) is 20.8. The van der Waals surface area contributed by atoms with Gasteiger partial charge in [-0.3, -0.25) is 0 Å². The van der Waals surface area contributed by atoms with E-state index in [1.54, 1.807) is 0 Å². The van der Waals surface area contributed by atoms with Gasteiger partial charge in [0.15, 0.2) is 0 Å². The second kappa shape index (κ2) is 11.3. The van der Waals surface area contributed by atoms with Crippen LogP contribution in [0, 0.1) is 0 Å². The molecular formula is C17H14F18O6S. The number of carbonyl (C=O) groups is 2. The molecule has 0 fully saturated rings. The van der Waals surface area contributed by atoms with E-state index >= 15 is 0 Å². The van der Waals surface area contributed by atoms with Crippen LogP contribution in [0.4, 0.5) is 79.0 Å². The molecule has 6 nitrogen and oxygen atoms in total. The van der Waals surface area contributed by atoms with Gasteiger partial charge in [-0.15, -0.1) is 0 Å². The second-order valence-corrected chi connectivity index (χ2v) is 10.0. The molecule has 0 aliphatic rings. The van der Waals surface area contributed by atoms with Crippen molar-refractivity contribution in [2.75, 3.05) is 13.2 Å². The quantitative estimate of drug-likeness (QED) is 0.135. The van der Waals surface area contributed by atoms with Crippen molar-refractivity contribution in [3.05, 3.63) is 0 Å². The fraction of sp³-hybridized carbons (Fsp3) is 0.882. The first-order valence-electron chi connectivity index (χ1n) is 10.2. The monoisotopic (exact) mass is 688 g/mol. The molecule has 0 saturated heterocycles. The minimum atomic E-state index is -8.64. The van der Waals surface area contributed by atoms with Crippen molar-refractivity contribution >= 4 is 21.8 Å². The van der Waals surface area contributed by atoms with Crippen LogP contribution in [0.1, 0.15) is 26.7 Å². The fourth-order valence-electron chi connectivity index (χ4n) is 2.78. The molecule has 0 aliphatic carbocycles.